The van der Waals surface area contributed by atoms with E-state index in [0.29, 0.717) is 0 Å². The van der Waals surface area contributed by atoms with E-state index in [2.05, 4.69) is 25.4 Å². The van der Waals surface area contributed by atoms with Gasteiger partial charge in [0, 0.05) is 13.1 Å². The lowest BCUT2D eigenvalue weighted by Crippen LogP contribution is -2.26. The molecule has 1 fully saturated rings. The molecule has 1 heterocycles. The lowest BCUT2D eigenvalue weighted by Gasteiger charge is -2.26. The number of likely N-dealkylation sites (tertiary alicyclic amines) is 1. The molecule has 0 spiro atoms. The normalized spacial score (nSPS) is 33.0. The molecule has 1 unspecified atom stereocenters. The maximum Gasteiger partial charge on any atom is 0.0248 e. The van der Waals surface area contributed by atoms with Gasteiger partial charge in [-0.1, -0.05) is 6.92 Å². The summed E-state index contributed by atoms with van der Waals surface area (Å²) in [6.07, 6.45) is 2.65. The third-order valence-corrected chi connectivity index (χ3v) is 1.70. The lowest BCUT2D eigenvalue weighted by molar-refractivity contribution is 0.270. The van der Waals surface area contributed by atoms with E-state index >= 15 is 0 Å². The summed E-state index contributed by atoms with van der Waals surface area (Å²) < 4.78 is 0. The molecule has 1 radical (unpaired) electrons. The molecule has 1 rings (SSSR count). The molecule has 0 aromatic heterocycles. The topological polar surface area (TPSA) is 3.24 Å². The molecule has 47 valence electrons. The zero-order valence-corrected chi connectivity index (χ0v) is 5.72. The number of hydrogen-bond donors (Lipinski definition) is 0. The first-order valence-electron chi connectivity index (χ1n) is 3.32. The zero-order valence-electron chi connectivity index (χ0n) is 5.72. The van der Waals surface area contributed by atoms with Crippen molar-refractivity contribution in [2.45, 2.75) is 19.8 Å². The second-order valence-electron chi connectivity index (χ2n) is 2.80. The van der Waals surface area contributed by atoms with Gasteiger partial charge in [0.25, 0.3) is 0 Å². The van der Waals surface area contributed by atoms with Gasteiger partial charge >= 0.3 is 0 Å². The van der Waals surface area contributed by atoms with Gasteiger partial charge in [-0.15, -0.1) is 0 Å². The standard InChI is InChI=1S/C7H14N/c1-7-4-3-5-8(2)6-7/h5,7H,3-4,6H2,1-2H3. The summed E-state index contributed by atoms with van der Waals surface area (Å²) in [6, 6.07) is 0. The second kappa shape index (κ2) is 2.49. The maximum atomic E-state index is 2.31. The van der Waals surface area contributed by atoms with Crippen molar-refractivity contribution >= 4 is 0 Å². The number of hydrogen-bond acceptors (Lipinski definition) is 1. The van der Waals surface area contributed by atoms with Crippen LogP contribution in [0.2, 0.25) is 0 Å². The van der Waals surface area contributed by atoms with E-state index < -0.39 is 0 Å². The Balaban J connectivity index is 2.23. The van der Waals surface area contributed by atoms with Crippen molar-refractivity contribution in [1.82, 2.24) is 4.90 Å². The highest BCUT2D eigenvalue weighted by molar-refractivity contribution is 4.74. The summed E-state index contributed by atoms with van der Waals surface area (Å²) in [5.74, 6) is 0.907. The summed E-state index contributed by atoms with van der Waals surface area (Å²) in [6.45, 7) is 5.84. The Morgan fingerprint density at radius 2 is 2.38 bits per heavy atom. The van der Waals surface area contributed by atoms with Gasteiger partial charge in [0.1, 0.15) is 0 Å². The minimum atomic E-state index is 0.907. The SMILES string of the molecule is CC1CC[CH]N(C)C1. The number of rotatable bonds is 0. The highest BCUT2D eigenvalue weighted by Crippen LogP contribution is 2.15. The van der Waals surface area contributed by atoms with Crippen LogP contribution in [0.1, 0.15) is 19.8 Å². The molecule has 1 aliphatic rings. The molecule has 0 aromatic rings. The molecule has 8 heavy (non-hydrogen) atoms. The number of nitrogens with zero attached hydrogens (tertiary/aromatic N) is 1. The molecule has 0 bridgehead atoms. The van der Waals surface area contributed by atoms with Crippen molar-refractivity contribution in [3.8, 4) is 0 Å². The first-order valence-corrected chi connectivity index (χ1v) is 3.32. The van der Waals surface area contributed by atoms with Crippen molar-refractivity contribution in [2.24, 2.45) is 5.92 Å². The average molecular weight is 112 g/mol. The van der Waals surface area contributed by atoms with Gasteiger partial charge in [0.05, 0.1) is 0 Å². The predicted molar refractivity (Wildman–Crippen MR) is 35.3 cm³/mol. The van der Waals surface area contributed by atoms with E-state index in [1.807, 2.05) is 0 Å². The third-order valence-electron chi connectivity index (χ3n) is 1.70. The van der Waals surface area contributed by atoms with E-state index in [1.54, 1.807) is 0 Å². The summed E-state index contributed by atoms with van der Waals surface area (Å²) in [5, 5.41) is 0. The van der Waals surface area contributed by atoms with Gasteiger partial charge < -0.3 is 4.90 Å². The van der Waals surface area contributed by atoms with Crippen molar-refractivity contribution < 1.29 is 0 Å². The molecular weight excluding hydrogens is 98.1 g/mol. The van der Waals surface area contributed by atoms with E-state index in [-0.39, 0.29) is 0 Å². The lowest BCUT2D eigenvalue weighted by atomic mass is 10.0. The average Bonchev–Trinajstić information content (AvgIpc) is 1.64. The van der Waals surface area contributed by atoms with Gasteiger partial charge in [-0.25, -0.2) is 0 Å². The Labute approximate surface area is 51.7 Å². The molecule has 0 saturated carbocycles. The molecular formula is C7H14N. The predicted octanol–water partition coefficient (Wildman–Crippen LogP) is 1.51. The van der Waals surface area contributed by atoms with Crippen molar-refractivity contribution in [1.29, 1.82) is 0 Å². The summed E-state index contributed by atoms with van der Waals surface area (Å²) >= 11 is 0. The van der Waals surface area contributed by atoms with Crippen molar-refractivity contribution in [2.75, 3.05) is 13.6 Å². The van der Waals surface area contributed by atoms with E-state index in [0.717, 1.165) is 5.92 Å². The molecule has 1 aliphatic heterocycles. The van der Waals surface area contributed by atoms with Crippen LogP contribution < -0.4 is 0 Å². The van der Waals surface area contributed by atoms with Gasteiger partial charge in [-0.3, -0.25) is 0 Å². The summed E-state index contributed by atoms with van der Waals surface area (Å²) in [5.41, 5.74) is 0. The Morgan fingerprint density at radius 3 is 2.75 bits per heavy atom. The molecule has 0 aliphatic carbocycles. The molecule has 1 nitrogen and oxygen atoms in total. The first kappa shape index (κ1) is 6.09. The minimum Gasteiger partial charge on any atom is -0.302 e. The largest absolute Gasteiger partial charge is 0.302 e. The van der Waals surface area contributed by atoms with E-state index in [9.17, 15) is 0 Å². The molecule has 0 N–H and O–H groups in total. The Hall–Kier alpha value is -0.0400. The maximum absolute atomic E-state index is 2.31. The molecule has 0 aromatic carbocycles. The van der Waals surface area contributed by atoms with Crippen LogP contribution in [-0.2, 0) is 0 Å². The third kappa shape index (κ3) is 1.48. The van der Waals surface area contributed by atoms with Crippen LogP contribution in [0.3, 0.4) is 0 Å². The fraction of sp³-hybridized carbons (Fsp3) is 0.857. The smallest absolute Gasteiger partial charge is 0.0248 e. The van der Waals surface area contributed by atoms with Crippen LogP contribution in [0, 0.1) is 12.5 Å². The van der Waals surface area contributed by atoms with Gasteiger partial charge in [-0.05, 0) is 25.8 Å². The van der Waals surface area contributed by atoms with Crippen LogP contribution >= 0.6 is 0 Å². The molecule has 1 atom stereocenters. The monoisotopic (exact) mass is 112 g/mol. The fourth-order valence-electron chi connectivity index (χ4n) is 1.24. The van der Waals surface area contributed by atoms with Crippen LogP contribution in [0.25, 0.3) is 0 Å². The Morgan fingerprint density at radius 1 is 1.62 bits per heavy atom. The van der Waals surface area contributed by atoms with E-state index in [1.165, 1.54) is 19.4 Å². The van der Waals surface area contributed by atoms with Gasteiger partial charge in [0.15, 0.2) is 0 Å². The highest BCUT2D eigenvalue weighted by Gasteiger charge is 2.11. The van der Waals surface area contributed by atoms with Crippen LogP contribution in [0.4, 0.5) is 0 Å². The van der Waals surface area contributed by atoms with Crippen LogP contribution in [-0.4, -0.2) is 18.5 Å². The fourth-order valence-corrected chi connectivity index (χ4v) is 1.24. The number of piperidine rings is 1. The molecule has 1 saturated heterocycles. The molecule has 1 heteroatoms. The quantitative estimate of drug-likeness (QED) is 0.459. The van der Waals surface area contributed by atoms with Crippen LogP contribution in [0.15, 0.2) is 0 Å². The summed E-state index contributed by atoms with van der Waals surface area (Å²) in [4.78, 5) is 2.29. The van der Waals surface area contributed by atoms with Crippen molar-refractivity contribution in [3.05, 3.63) is 6.54 Å². The van der Waals surface area contributed by atoms with E-state index in [4.69, 9.17) is 0 Å². The Bertz CT molecular complexity index is 62.8. The van der Waals surface area contributed by atoms with Crippen LogP contribution in [0.5, 0.6) is 0 Å². The van der Waals surface area contributed by atoms with Gasteiger partial charge in [-0.2, -0.15) is 0 Å². The minimum absolute atomic E-state index is 0.907. The van der Waals surface area contributed by atoms with Crippen molar-refractivity contribution in [3.63, 3.8) is 0 Å². The highest BCUT2D eigenvalue weighted by atomic mass is 15.1. The molecule has 0 amide bonds. The zero-order chi connectivity index (χ0) is 5.98. The summed E-state index contributed by atoms with van der Waals surface area (Å²) in [7, 11) is 2.15. The van der Waals surface area contributed by atoms with Gasteiger partial charge in [0.2, 0.25) is 0 Å². The second-order valence-corrected chi connectivity index (χ2v) is 2.80. The Kier molecular flexibility index (Phi) is 1.90. The first-order chi connectivity index (χ1) is 3.79.